The monoisotopic (exact) mass is 262 g/mol. The third kappa shape index (κ3) is 6.68. The highest BCUT2D eigenvalue weighted by Gasteiger charge is 2.16. The van der Waals surface area contributed by atoms with Gasteiger partial charge < -0.3 is 5.32 Å². The highest BCUT2D eigenvalue weighted by atomic mass is 32.2. The Morgan fingerprint density at radius 3 is 2.50 bits per heavy atom. The van der Waals surface area contributed by atoms with Crippen molar-refractivity contribution in [1.29, 1.82) is 5.26 Å². The Balaban J connectivity index is 2.36. The molecule has 2 nitrogen and oxygen atoms in total. The standard InChI is InChI=1S/C15H22N2S/c1-15(2,3)17-14(9-10-16)12-18-11-13-7-5-4-6-8-13/h4-8,14,17H,9,11-12H2,1-3H3. The summed E-state index contributed by atoms with van der Waals surface area (Å²) in [5.41, 5.74) is 1.41. The van der Waals surface area contributed by atoms with Gasteiger partial charge in [0.2, 0.25) is 0 Å². The lowest BCUT2D eigenvalue weighted by molar-refractivity contribution is 0.378. The highest BCUT2D eigenvalue weighted by Crippen LogP contribution is 2.15. The number of nitrogens with one attached hydrogen (secondary N) is 1. The average Bonchev–Trinajstić information content (AvgIpc) is 2.28. The Kier molecular flexibility index (Phi) is 6.24. The highest BCUT2D eigenvalue weighted by molar-refractivity contribution is 7.98. The van der Waals surface area contributed by atoms with Gasteiger partial charge in [0.15, 0.2) is 0 Å². The van der Waals surface area contributed by atoms with Crippen LogP contribution in [-0.2, 0) is 5.75 Å². The second kappa shape index (κ2) is 7.45. The van der Waals surface area contributed by atoms with Crippen LogP contribution in [0, 0.1) is 11.3 Å². The van der Waals surface area contributed by atoms with Gasteiger partial charge in [-0.3, -0.25) is 0 Å². The van der Waals surface area contributed by atoms with E-state index in [2.05, 4.69) is 56.4 Å². The van der Waals surface area contributed by atoms with Crippen LogP contribution in [0.4, 0.5) is 0 Å². The topological polar surface area (TPSA) is 35.8 Å². The van der Waals surface area contributed by atoms with Crippen LogP contribution < -0.4 is 5.32 Å². The molecule has 1 aromatic carbocycles. The summed E-state index contributed by atoms with van der Waals surface area (Å²) in [6.07, 6.45) is 0.569. The second-order valence-electron chi connectivity index (χ2n) is 5.45. The molecule has 98 valence electrons. The van der Waals surface area contributed by atoms with Crippen molar-refractivity contribution in [2.75, 3.05) is 5.75 Å². The summed E-state index contributed by atoms with van der Waals surface area (Å²) in [6, 6.07) is 13.0. The molecule has 1 atom stereocenters. The minimum absolute atomic E-state index is 0.0643. The fourth-order valence-electron chi connectivity index (χ4n) is 1.77. The molecule has 0 aliphatic rings. The molecule has 1 aromatic rings. The number of benzene rings is 1. The molecule has 3 heteroatoms. The Morgan fingerprint density at radius 1 is 1.28 bits per heavy atom. The first-order chi connectivity index (χ1) is 8.51. The maximum atomic E-state index is 8.85. The molecule has 0 aliphatic heterocycles. The number of nitrogens with zero attached hydrogens (tertiary/aromatic N) is 1. The van der Waals surface area contributed by atoms with Gasteiger partial charge in [0.1, 0.15) is 0 Å². The molecule has 0 fully saturated rings. The van der Waals surface area contributed by atoms with Gasteiger partial charge in [-0.15, -0.1) is 0 Å². The number of nitriles is 1. The van der Waals surface area contributed by atoms with Gasteiger partial charge in [-0.05, 0) is 26.3 Å². The molecule has 18 heavy (non-hydrogen) atoms. The largest absolute Gasteiger partial charge is 0.307 e. The normalized spacial score (nSPS) is 13.0. The van der Waals surface area contributed by atoms with E-state index in [9.17, 15) is 0 Å². The van der Waals surface area contributed by atoms with Gasteiger partial charge in [-0.2, -0.15) is 17.0 Å². The predicted molar refractivity (Wildman–Crippen MR) is 79.5 cm³/mol. The van der Waals surface area contributed by atoms with E-state index in [1.54, 1.807) is 0 Å². The molecular weight excluding hydrogens is 240 g/mol. The zero-order valence-electron chi connectivity index (χ0n) is 11.4. The molecule has 0 radical (unpaired) electrons. The van der Waals surface area contributed by atoms with Crippen LogP contribution >= 0.6 is 11.8 Å². The number of hydrogen-bond acceptors (Lipinski definition) is 3. The van der Waals surface area contributed by atoms with Gasteiger partial charge >= 0.3 is 0 Å². The molecule has 0 amide bonds. The van der Waals surface area contributed by atoms with Crippen molar-refractivity contribution in [3.8, 4) is 6.07 Å². The summed E-state index contributed by atoms with van der Waals surface area (Å²) in [4.78, 5) is 0. The zero-order valence-corrected chi connectivity index (χ0v) is 12.3. The molecule has 1 unspecified atom stereocenters. The van der Waals surface area contributed by atoms with E-state index in [1.807, 2.05) is 17.8 Å². The summed E-state index contributed by atoms with van der Waals surface area (Å²) in [5.74, 6) is 1.98. The van der Waals surface area contributed by atoms with E-state index < -0.39 is 0 Å². The summed E-state index contributed by atoms with van der Waals surface area (Å²) < 4.78 is 0. The molecule has 0 saturated heterocycles. The van der Waals surface area contributed by atoms with E-state index in [0.717, 1.165) is 11.5 Å². The Labute approximate surface area is 115 Å². The summed E-state index contributed by atoms with van der Waals surface area (Å²) in [7, 11) is 0. The minimum atomic E-state index is 0.0643. The van der Waals surface area contributed by atoms with Crippen LogP contribution in [-0.4, -0.2) is 17.3 Å². The molecule has 0 saturated carbocycles. The smallest absolute Gasteiger partial charge is 0.0638 e. The van der Waals surface area contributed by atoms with Crippen LogP contribution in [0.5, 0.6) is 0 Å². The molecule has 0 aromatic heterocycles. The van der Waals surface area contributed by atoms with Crippen LogP contribution in [0.15, 0.2) is 30.3 Å². The second-order valence-corrected chi connectivity index (χ2v) is 6.48. The van der Waals surface area contributed by atoms with Crippen LogP contribution in [0.1, 0.15) is 32.8 Å². The quantitative estimate of drug-likeness (QED) is 0.851. The Bertz CT molecular complexity index is 376. The molecule has 0 spiro atoms. The lowest BCUT2D eigenvalue weighted by Gasteiger charge is -2.27. The SMILES string of the molecule is CC(C)(C)NC(CC#N)CSCc1ccccc1. The van der Waals surface area contributed by atoms with Crippen LogP contribution in [0.3, 0.4) is 0 Å². The third-order valence-electron chi connectivity index (χ3n) is 2.41. The van der Waals surface area contributed by atoms with Crippen molar-refractivity contribution in [3.63, 3.8) is 0 Å². The summed E-state index contributed by atoms with van der Waals surface area (Å²) in [5, 5.41) is 12.4. The van der Waals surface area contributed by atoms with Gasteiger partial charge in [0.05, 0.1) is 12.5 Å². The first-order valence-electron chi connectivity index (χ1n) is 6.27. The van der Waals surface area contributed by atoms with E-state index in [4.69, 9.17) is 5.26 Å². The van der Waals surface area contributed by atoms with Crippen molar-refractivity contribution in [2.24, 2.45) is 0 Å². The molecule has 0 aliphatic carbocycles. The molecule has 0 bridgehead atoms. The maximum absolute atomic E-state index is 8.85. The fraction of sp³-hybridized carbons (Fsp3) is 0.533. The van der Waals surface area contributed by atoms with E-state index in [1.165, 1.54) is 5.56 Å². The number of rotatable bonds is 6. The first kappa shape index (κ1) is 15.1. The third-order valence-corrected chi connectivity index (χ3v) is 3.58. The van der Waals surface area contributed by atoms with Gasteiger partial charge in [0.25, 0.3) is 0 Å². The Hall–Kier alpha value is -0.980. The van der Waals surface area contributed by atoms with Crippen molar-refractivity contribution in [1.82, 2.24) is 5.32 Å². The van der Waals surface area contributed by atoms with Gasteiger partial charge in [0, 0.05) is 23.1 Å². The Morgan fingerprint density at radius 2 is 1.94 bits per heavy atom. The summed E-state index contributed by atoms with van der Waals surface area (Å²) >= 11 is 1.88. The maximum Gasteiger partial charge on any atom is 0.0638 e. The molecule has 1 rings (SSSR count). The van der Waals surface area contributed by atoms with Crippen molar-refractivity contribution in [2.45, 2.75) is 44.5 Å². The van der Waals surface area contributed by atoms with Crippen LogP contribution in [0.25, 0.3) is 0 Å². The number of thioether (sulfide) groups is 1. The van der Waals surface area contributed by atoms with E-state index in [0.29, 0.717) is 6.42 Å². The van der Waals surface area contributed by atoms with Crippen molar-refractivity contribution in [3.05, 3.63) is 35.9 Å². The zero-order chi connectivity index (χ0) is 13.4. The first-order valence-corrected chi connectivity index (χ1v) is 7.43. The summed E-state index contributed by atoms with van der Waals surface area (Å²) in [6.45, 7) is 6.41. The average molecular weight is 262 g/mol. The lowest BCUT2D eigenvalue weighted by atomic mass is 10.1. The predicted octanol–water partition coefficient (Wildman–Crippen LogP) is 3.59. The number of hydrogen-bond donors (Lipinski definition) is 1. The van der Waals surface area contributed by atoms with Crippen molar-refractivity contribution < 1.29 is 0 Å². The molecular formula is C15H22N2S. The molecule has 0 heterocycles. The van der Waals surface area contributed by atoms with Gasteiger partial charge in [-0.25, -0.2) is 0 Å². The fourth-order valence-corrected chi connectivity index (χ4v) is 2.80. The van der Waals surface area contributed by atoms with Gasteiger partial charge in [-0.1, -0.05) is 30.3 Å². The molecule has 1 N–H and O–H groups in total. The lowest BCUT2D eigenvalue weighted by Crippen LogP contribution is -2.44. The van der Waals surface area contributed by atoms with E-state index >= 15 is 0 Å². The van der Waals surface area contributed by atoms with E-state index in [-0.39, 0.29) is 11.6 Å². The van der Waals surface area contributed by atoms with Crippen molar-refractivity contribution >= 4 is 11.8 Å². The van der Waals surface area contributed by atoms with Crippen LogP contribution in [0.2, 0.25) is 0 Å². The minimum Gasteiger partial charge on any atom is -0.307 e.